The minimum absolute atomic E-state index is 0.365. The molecule has 0 bridgehead atoms. The molecule has 0 atom stereocenters. The Labute approximate surface area is 108 Å². The largest absolute Gasteiger partial charge is 0.504 e. The van der Waals surface area contributed by atoms with Crippen LogP contribution in [0.2, 0.25) is 0 Å². The summed E-state index contributed by atoms with van der Waals surface area (Å²) in [6.07, 6.45) is 1.67. The van der Waals surface area contributed by atoms with Gasteiger partial charge < -0.3 is 15.3 Å². The van der Waals surface area contributed by atoms with Crippen LogP contribution in [0.5, 0.6) is 17.2 Å². The zero-order chi connectivity index (χ0) is 13.4. The van der Waals surface area contributed by atoms with E-state index in [2.05, 4.69) is 9.97 Å². The van der Waals surface area contributed by atoms with Crippen molar-refractivity contribution in [3.63, 3.8) is 0 Å². The quantitative estimate of drug-likeness (QED) is 0.580. The first-order valence-corrected chi connectivity index (χ1v) is 5.62. The van der Waals surface area contributed by atoms with Crippen molar-refractivity contribution >= 4 is 10.9 Å². The third-order valence-electron chi connectivity index (χ3n) is 2.82. The van der Waals surface area contributed by atoms with Crippen molar-refractivity contribution in [1.29, 1.82) is 0 Å². The molecule has 94 valence electrons. The average molecular weight is 254 g/mol. The van der Waals surface area contributed by atoms with Gasteiger partial charge in [0.05, 0.1) is 5.52 Å². The van der Waals surface area contributed by atoms with Crippen LogP contribution < -0.4 is 0 Å². The minimum atomic E-state index is -0.551. The lowest BCUT2D eigenvalue weighted by atomic mass is 10.1. The van der Waals surface area contributed by atoms with E-state index in [0.717, 1.165) is 10.9 Å². The zero-order valence-corrected chi connectivity index (χ0v) is 9.78. The highest BCUT2D eigenvalue weighted by molar-refractivity contribution is 5.79. The number of fused-ring (bicyclic) bond motifs is 1. The summed E-state index contributed by atoms with van der Waals surface area (Å²) in [5, 5.41) is 29.2. The summed E-state index contributed by atoms with van der Waals surface area (Å²) in [6, 6.07) is 10.1. The van der Waals surface area contributed by atoms with E-state index in [-0.39, 0.29) is 0 Å². The molecule has 3 aromatic rings. The van der Waals surface area contributed by atoms with Crippen LogP contribution in [0, 0.1) is 0 Å². The number of phenolic OH excluding ortho intramolecular Hbond substituents is 3. The number of para-hydroxylation sites is 1. The van der Waals surface area contributed by atoms with Crippen molar-refractivity contribution in [2.45, 2.75) is 0 Å². The fourth-order valence-corrected chi connectivity index (χ4v) is 1.84. The smallest absolute Gasteiger partial charge is 0.200 e. The standard InChI is InChI=1S/C14H10N2O3/c17-11-5-9(6-12(18)13(11)19)14-15-7-8-3-1-2-4-10(8)16-14/h1-7,17-19H. The van der Waals surface area contributed by atoms with E-state index in [4.69, 9.17) is 0 Å². The molecule has 5 nitrogen and oxygen atoms in total. The first-order valence-electron chi connectivity index (χ1n) is 5.62. The molecular formula is C14H10N2O3. The van der Waals surface area contributed by atoms with Gasteiger partial charge in [-0.3, -0.25) is 0 Å². The summed E-state index contributed by atoms with van der Waals surface area (Å²) in [5.41, 5.74) is 1.19. The normalized spacial score (nSPS) is 10.7. The second kappa shape index (κ2) is 4.13. The SMILES string of the molecule is Oc1cc(-c2ncc3ccccc3n2)cc(O)c1O. The molecule has 3 rings (SSSR count). The van der Waals surface area contributed by atoms with Gasteiger partial charge >= 0.3 is 0 Å². The predicted molar refractivity (Wildman–Crippen MR) is 70.0 cm³/mol. The number of aromatic hydroxyl groups is 3. The summed E-state index contributed by atoms with van der Waals surface area (Å²) in [5.74, 6) is -1.01. The summed E-state index contributed by atoms with van der Waals surface area (Å²) >= 11 is 0. The molecular weight excluding hydrogens is 244 g/mol. The van der Waals surface area contributed by atoms with E-state index in [9.17, 15) is 15.3 Å². The molecule has 5 heteroatoms. The Hall–Kier alpha value is -2.82. The van der Waals surface area contributed by atoms with Gasteiger partial charge in [-0.05, 0) is 18.2 Å². The third kappa shape index (κ3) is 1.91. The van der Waals surface area contributed by atoms with Crippen LogP contribution in [0.15, 0.2) is 42.6 Å². The number of benzene rings is 2. The Bertz CT molecular complexity index is 748. The lowest BCUT2D eigenvalue weighted by molar-refractivity contribution is 0.368. The molecule has 0 aliphatic carbocycles. The predicted octanol–water partition coefficient (Wildman–Crippen LogP) is 2.41. The molecule has 0 aliphatic heterocycles. The number of aromatic nitrogens is 2. The second-order valence-electron chi connectivity index (χ2n) is 4.12. The van der Waals surface area contributed by atoms with Crippen molar-refractivity contribution in [3.8, 4) is 28.6 Å². The highest BCUT2D eigenvalue weighted by Gasteiger charge is 2.11. The van der Waals surface area contributed by atoms with Gasteiger partial charge in [0.15, 0.2) is 23.1 Å². The first-order chi connectivity index (χ1) is 9.15. The van der Waals surface area contributed by atoms with Gasteiger partial charge in [-0.15, -0.1) is 0 Å². The molecule has 1 heterocycles. The maximum atomic E-state index is 9.49. The Balaban J connectivity index is 2.19. The van der Waals surface area contributed by atoms with Gasteiger partial charge in [0, 0.05) is 17.1 Å². The molecule has 0 aliphatic rings. The monoisotopic (exact) mass is 254 g/mol. The minimum Gasteiger partial charge on any atom is -0.504 e. The number of rotatable bonds is 1. The summed E-state index contributed by atoms with van der Waals surface area (Å²) in [4.78, 5) is 8.52. The van der Waals surface area contributed by atoms with Crippen LogP contribution in [-0.2, 0) is 0 Å². The van der Waals surface area contributed by atoms with Gasteiger partial charge in [0.1, 0.15) is 0 Å². The van der Waals surface area contributed by atoms with Gasteiger partial charge in [0.2, 0.25) is 0 Å². The van der Waals surface area contributed by atoms with Crippen LogP contribution >= 0.6 is 0 Å². The summed E-state index contributed by atoms with van der Waals surface area (Å²) in [7, 11) is 0. The van der Waals surface area contributed by atoms with Gasteiger partial charge in [0.25, 0.3) is 0 Å². The van der Waals surface area contributed by atoms with Crippen LogP contribution in [0.3, 0.4) is 0 Å². The van der Waals surface area contributed by atoms with Gasteiger partial charge in [-0.2, -0.15) is 0 Å². The Kier molecular flexibility index (Phi) is 2.45. The van der Waals surface area contributed by atoms with Crippen LogP contribution in [-0.4, -0.2) is 25.3 Å². The molecule has 19 heavy (non-hydrogen) atoms. The van der Waals surface area contributed by atoms with Crippen LogP contribution in [0.25, 0.3) is 22.3 Å². The molecule has 0 spiro atoms. The lowest BCUT2D eigenvalue weighted by Gasteiger charge is -2.05. The van der Waals surface area contributed by atoms with E-state index >= 15 is 0 Å². The van der Waals surface area contributed by atoms with Crippen molar-refractivity contribution in [1.82, 2.24) is 9.97 Å². The molecule has 3 N–H and O–H groups in total. The van der Waals surface area contributed by atoms with E-state index < -0.39 is 17.2 Å². The highest BCUT2D eigenvalue weighted by atomic mass is 16.3. The number of nitrogens with zero attached hydrogens (tertiary/aromatic N) is 2. The zero-order valence-electron chi connectivity index (χ0n) is 9.78. The summed E-state index contributed by atoms with van der Waals surface area (Å²) < 4.78 is 0. The van der Waals surface area contributed by atoms with E-state index in [1.54, 1.807) is 6.20 Å². The molecule has 0 radical (unpaired) electrons. The molecule has 1 aromatic heterocycles. The molecule has 0 fully saturated rings. The number of hydrogen-bond donors (Lipinski definition) is 3. The number of phenols is 3. The maximum absolute atomic E-state index is 9.49. The lowest BCUT2D eigenvalue weighted by Crippen LogP contribution is -1.89. The van der Waals surface area contributed by atoms with Crippen molar-refractivity contribution in [2.75, 3.05) is 0 Å². The third-order valence-corrected chi connectivity index (χ3v) is 2.82. The van der Waals surface area contributed by atoms with E-state index in [1.165, 1.54) is 12.1 Å². The fourth-order valence-electron chi connectivity index (χ4n) is 1.84. The van der Waals surface area contributed by atoms with Crippen molar-refractivity contribution < 1.29 is 15.3 Å². The van der Waals surface area contributed by atoms with E-state index in [1.807, 2.05) is 24.3 Å². The molecule has 2 aromatic carbocycles. The van der Waals surface area contributed by atoms with Crippen molar-refractivity contribution in [2.24, 2.45) is 0 Å². The molecule has 0 saturated carbocycles. The Morgan fingerprint density at radius 3 is 2.32 bits per heavy atom. The molecule has 0 unspecified atom stereocenters. The van der Waals surface area contributed by atoms with Gasteiger partial charge in [-0.1, -0.05) is 18.2 Å². The number of hydrogen-bond acceptors (Lipinski definition) is 5. The van der Waals surface area contributed by atoms with Crippen molar-refractivity contribution in [3.05, 3.63) is 42.6 Å². The highest BCUT2D eigenvalue weighted by Crippen LogP contribution is 2.38. The average Bonchev–Trinajstić information content (AvgIpc) is 2.43. The second-order valence-corrected chi connectivity index (χ2v) is 4.12. The maximum Gasteiger partial charge on any atom is 0.200 e. The van der Waals surface area contributed by atoms with Crippen LogP contribution in [0.4, 0.5) is 0 Å². The first kappa shape index (κ1) is 11.3. The Morgan fingerprint density at radius 1 is 0.895 bits per heavy atom. The topological polar surface area (TPSA) is 86.5 Å². The van der Waals surface area contributed by atoms with E-state index in [0.29, 0.717) is 11.4 Å². The van der Waals surface area contributed by atoms with Gasteiger partial charge in [-0.25, -0.2) is 9.97 Å². The fraction of sp³-hybridized carbons (Fsp3) is 0. The van der Waals surface area contributed by atoms with Crippen LogP contribution in [0.1, 0.15) is 0 Å². The molecule has 0 saturated heterocycles. The summed E-state index contributed by atoms with van der Waals surface area (Å²) in [6.45, 7) is 0. The molecule has 0 amide bonds. The Morgan fingerprint density at radius 2 is 1.58 bits per heavy atom.